The molecule has 206 valence electrons. The fourth-order valence-electron chi connectivity index (χ4n) is 5.41. The zero-order valence-corrected chi connectivity index (χ0v) is 23.2. The number of nitrogens with zero attached hydrogens (tertiary/aromatic N) is 2. The first-order chi connectivity index (χ1) is 18.3. The lowest BCUT2D eigenvalue weighted by atomic mass is 9.86. The van der Waals surface area contributed by atoms with Crippen LogP contribution in [-0.4, -0.2) is 62.8 Å². The molecule has 1 heterocycles. The Balaban J connectivity index is 1.27. The summed E-state index contributed by atoms with van der Waals surface area (Å²) in [7, 11) is 3.43. The van der Waals surface area contributed by atoms with Gasteiger partial charge in [-0.3, -0.25) is 9.69 Å². The number of benzene rings is 2. The molecule has 1 aliphatic carbocycles. The van der Waals surface area contributed by atoms with Gasteiger partial charge in [-0.25, -0.2) is 4.79 Å². The van der Waals surface area contributed by atoms with Crippen LogP contribution in [0.15, 0.2) is 42.5 Å². The minimum Gasteiger partial charge on any atom is -0.490 e. The van der Waals surface area contributed by atoms with E-state index in [4.69, 9.17) is 9.47 Å². The number of hydrogen-bond donors (Lipinski definition) is 2. The van der Waals surface area contributed by atoms with Crippen molar-refractivity contribution in [3.8, 4) is 5.75 Å². The molecule has 2 aromatic carbocycles. The van der Waals surface area contributed by atoms with Crippen molar-refractivity contribution in [2.24, 2.45) is 5.92 Å². The summed E-state index contributed by atoms with van der Waals surface area (Å²) in [5.41, 5.74) is 4.39. The third-order valence-corrected chi connectivity index (χ3v) is 7.69. The number of amides is 2. The SMILES string of the molecule is CNC(=O)OCc1cccc(OC2CCC(C(=O)N(C)c3ccc(CN4CCN[C@@H](C)C4)c(C)c3)CC2)c1. The van der Waals surface area contributed by atoms with Crippen LogP contribution in [0.2, 0.25) is 0 Å². The highest BCUT2D eigenvalue weighted by Crippen LogP contribution is 2.31. The van der Waals surface area contributed by atoms with Crippen LogP contribution >= 0.6 is 0 Å². The lowest BCUT2D eigenvalue weighted by Gasteiger charge is -2.32. The van der Waals surface area contributed by atoms with Crippen molar-refractivity contribution >= 4 is 17.7 Å². The van der Waals surface area contributed by atoms with E-state index in [9.17, 15) is 9.59 Å². The van der Waals surface area contributed by atoms with Gasteiger partial charge in [-0.2, -0.15) is 0 Å². The second-order valence-electron chi connectivity index (χ2n) is 10.7. The summed E-state index contributed by atoms with van der Waals surface area (Å²) in [6.07, 6.45) is 2.92. The van der Waals surface area contributed by atoms with Crippen LogP contribution in [0.5, 0.6) is 5.75 Å². The molecule has 1 saturated carbocycles. The second-order valence-corrected chi connectivity index (χ2v) is 10.7. The molecule has 0 bridgehead atoms. The number of carbonyl (C=O) groups is 2. The third kappa shape index (κ3) is 7.48. The van der Waals surface area contributed by atoms with Crippen molar-refractivity contribution in [1.29, 1.82) is 0 Å². The molecule has 8 nitrogen and oxygen atoms in total. The molecule has 2 N–H and O–H groups in total. The summed E-state index contributed by atoms with van der Waals surface area (Å²) >= 11 is 0. The maximum absolute atomic E-state index is 13.3. The van der Waals surface area contributed by atoms with Crippen molar-refractivity contribution in [2.75, 3.05) is 38.6 Å². The predicted molar refractivity (Wildman–Crippen MR) is 149 cm³/mol. The Bertz CT molecular complexity index is 1100. The number of ether oxygens (including phenoxy) is 2. The van der Waals surface area contributed by atoms with Crippen LogP contribution < -0.4 is 20.3 Å². The van der Waals surface area contributed by atoms with Gasteiger partial charge in [-0.05, 0) is 80.5 Å². The topological polar surface area (TPSA) is 83.1 Å². The smallest absolute Gasteiger partial charge is 0.407 e. The Hall–Kier alpha value is -3.10. The van der Waals surface area contributed by atoms with Crippen LogP contribution in [0.25, 0.3) is 0 Å². The summed E-state index contributed by atoms with van der Waals surface area (Å²) in [6, 6.07) is 14.6. The Morgan fingerprint density at radius 1 is 1.13 bits per heavy atom. The maximum Gasteiger partial charge on any atom is 0.407 e. The maximum atomic E-state index is 13.3. The van der Waals surface area contributed by atoms with Gasteiger partial charge in [0.2, 0.25) is 5.91 Å². The largest absolute Gasteiger partial charge is 0.490 e. The van der Waals surface area contributed by atoms with E-state index in [0.717, 1.165) is 68.9 Å². The number of nitrogens with one attached hydrogen (secondary N) is 2. The zero-order chi connectivity index (χ0) is 27.1. The average molecular weight is 523 g/mol. The first-order valence-corrected chi connectivity index (χ1v) is 13.7. The monoisotopic (exact) mass is 522 g/mol. The first kappa shape index (κ1) is 27.9. The molecule has 1 saturated heterocycles. The van der Waals surface area contributed by atoms with Gasteiger partial charge in [0.1, 0.15) is 12.4 Å². The summed E-state index contributed by atoms with van der Waals surface area (Å²) in [6.45, 7) is 8.67. The molecule has 8 heteroatoms. The molecule has 2 aromatic rings. The molecule has 4 rings (SSSR count). The molecular formula is C30H42N4O4. The predicted octanol–water partition coefficient (Wildman–Crippen LogP) is 4.25. The molecular weight excluding hydrogens is 480 g/mol. The van der Waals surface area contributed by atoms with Gasteiger partial charge < -0.3 is 25.0 Å². The number of carbonyl (C=O) groups excluding carboxylic acids is 2. The zero-order valence-electron chi connectivity index (χ0n) is 23.2. The van der Waals surface area contributed by atoms with Crippen molar-refractivity contribution in [1.82, 2.24) is 15.5 Å². The van der Waals surface area contributed by atoms with Crippen LogP contribution in [0.4, 0.5) is 10.5 Å². The second kappa shape index (κ2) is 13.1. The summed E-state index contributed by atoms with van der Waals surface area (Å²) in [5, 5.41) is 5.94. The molecule has 0 radical (unpaired) electrons. The number of rotatable bonds is 8. The van der Waals surface area contributed by atoms with Gasteiger partial charge in [0.05, 0.1) is 6.10 Å². The van der Waals surface area contributed by atoms with Crippen molar-refractivity contribution in [3.63, 3.8) is 0 Å². The number of aryl methyl sites for hydroxylation is 1. The van der Waals surface area contributed by atoms with Gasteiger partial charge in [0.15, 0.2) is 0 Å². The van der Waals surface area contributed by atoms with Gasteiger partial charge in [-0.15, -0.1) is 0 Å². The summed E-state index contributed by atoms with van der Waals surface area (Å²) < 4.78 is 11.3. The number of alkyl carbamates (subject to hydrolysis) is 1. The van der Waals surface area contributed by atoms with E-state index in [-0.39, 0.29) is 24.5 Å². The van der Waals surface area contributed by atoms with E-state index in [0.29, 0.717) is 6.04 Å². The Labute approximate surface area is 226 Å². The molecule has 1 aliphatic heterocycles. The van der Waals surface area contributed by atoms with E-state index >= 15 is 0 Å². The lowest BCUT2D eigenvalue weighted by molar-refractivity contribution is -0.123. The normalized spacial score (nSPS) is 21.9. The number of hydrogen-bond acceptors (Lipinski definition) is 6. The van der Waals surface area contributed by atoms with Gasteiger partial charge in [0.25, 0.3) is 0 Å². The molecule has 0 unspecified atom stereocenters. The minimum absolute atomic E-state index is 0.00876. The fraction of sp³-hybridized carbons (Fsp3) is 0.533. The molecule has 0 aromatic heterocycles. The summed E-state index contributed by atoms with van der Waals surface area (Å²) in [4.78, 5) is 29.0. The molecule has 2 fully saturated rings. The quantitative estimate of drug-likeness (QED) is 0.540. The van der Waals surface area contributed by atoms with E-state index in [1.54, 1.807) is 0 Å². The van der Waals surface area contributed by atoms with Crippen LogP contribution in [0, 0.1) is 12.8 Å². The highest BCUT2D eigenvalue weighted by atomic mass is 16.5. The minimum atomic E-state index is -0.458. The van der Waals surface area contributed by atoms with Crippen LogP contribution in [-0.2, 0) is 22.7 Å². The standard InChI is InChI=1S/C30H42N4O4/c1-21-16-26(11-8-25(21)19-34-15-14-32-22(2)18-34)33(4)29(35)24-9-12-27(13-10-24)38-28-7-5-6-23(17-28)20-37-30(36)31-3/h5-8,11,16-17,22,24,27,32H,9-10,12-15,18-20H2,1-4H3,(H,31,36)/t22-,24?,27?/m0/s1. The van der Waals surface area contributed by atoms with Gasteiger partial charge >= 0.3 is 6.09 Å². The highest BCUT2D eigenvalue weighted by molar-refractivity contribution is 5.94. The molecule has 38 heavy (non-hydrogen) atoms. The van der Waals surface area contributed by atoms with Crippen LogP contribution in [0.3, 0.4) is 0 Å². The van der Waals surface area contributed by atoms with Gasteiger partial charge in [0, 0.05) is 57.9 Å². The lowest BCUT2D eigenvalue weighted by Crippen LogP contribution is -2.48. The fourth-order valence-corrected chi connectivity index (χ4v) is 5.41. The third-order valence-electron chi connectivity index (χ3n) is 7.69. The average Bonchev–Trinajstić information content (AvgIpc) is 2.92. The molecule has 2 amide bonds. The van der Waals surface area contributed by atoms with Crippen molar-refractivity contribution in [2.45, 2.75) is 64.8 Å². The van der Waals surface area contributed by atoms with E-state index < -0.39 is 6.09 Å². The highest BCUT2D eigenvalue weighted by Gasteiger charge is 2.30. The number of piperazine rings is 1. The van der Waals surface area contributed by atoms with E-state index in [2.05, 4.69) is 47.6 Å². The number of anilines is 1. The van der Waals surface area contributed by atoms with E-state index in [1.165, 1.54) is 18.2 Å². The Morgan fingerprint density at radius 3 is 2.63 bits per heavy atom. The molecule has 2 aliphatic rings. The molecule has 1 atom stereocenters. The van der Waals surface area contributed by atoms with Crippen molar-refractivity contribution < 1.29 is 19.1 Å². The van der Waals surface area contributed by atoms with Crippen molar-refractivity contribution in [3.05, 3.63) is 59.2 Å². The Kier molecular flexibility index (Phi) is 9.63. The van der Waals surface area contributed by atoms with E-state index in [1.807, 2.05) is 36.2 Å². The summed E-state index contributed by atoms with van der Waals surface area (Å²) in [5.74, 6) is 0.954. The van der Waals surface area contributed by atoms with Gasteiger partial charge in [-0.1, -0.05) is 18.2 Å². The van der Waals surface area contributed by atoms with Crippen LogP contribution in [0.1, 0.15) is 49.3 Å². The first-order valence-electron chi connectivity index (χ1n) is 13.7. The Morgan fingerprint density at radius 2 is 1.92 bits per heavy atom. The molecule has 0 spiro atoms.